The molecule has 72 valence electrons. The number of hydrogen-bond donors (Lipinski definition) is 1. The second kappa shape index (κ2) is 4.40. The van der Waals surface area contributed by atoms with Crippen LogP contribution in [0.15, 0.2) is 18.2 Å². The Labute approximate surface area is 80.5 Å². The molecule has 0 bridgehead atoms. The molecule has 2 heteroatoms. The van der Waals surface area contributed by atoms with Gasteiger partial charge >= 0.3 is 0 Å². The third-order valence-corrected chi connectivity index (χ3v) is 1.88. The molecule has 0 unspecified atom stereocenters. The molecule has 13 heavy (non-hydrogen) atoms. The summed E-state index contributed by atoms with van der Waals surface area (Å²) < 4.78 is 0. The van der Waals surface area contributed by atoms with E-state index in [-0.39, 0.29) is 0 Å². The van der Waals surface area contributed by atoms with E-state index in [9.17, 15) is 0 Å². The normalized spacial score (nSPS) is 10.8. The molecular weight excluding hydrogens is 160 g/mol. The van der Waals surface area contributed by atoms with Crippen molar-refractivity contribution in [3.05, 3.63) is 34.9 Å². The number of nitrogens with zero attached hydrogens (tertiary/aromatic N) is 1. The van der Waals surface area contributed by atoms with Gasteiger partial charge in [-0.1, -0.05) is 29.3 Å². The van der Waals surface area contributed by atoms with E-state index >= 15 is 0 Å². The second-order valence-corrected chi connectivity index (χ2v) is 3.73. The van der Waals surface area contributed by atoms with Crippen molar-refractivity contribution in [2.45, 2.75) is 20.4 Å². The van der Waals surface area contributed by atoms with Gasteiger partial charge in [0.2, 0.25) is 0 Å². The van der Waals surface area contributed by atoms with Crippen LogP contribution in [-0.4, -0.2) is 19.1 Å². The van der Waals surface area contributed by atoms with Crippen LogP contribution in [-0.2, 0) is 6.54 Å². The monoisotopic (exact) mass is 178 g/mol. The molecular formula is C11H18N2. The number of rotatable bonds is 3. The smallest absolute Gasteiger partial charge is 0.0353 e. The Morgan fingerprint density at radius 2 is 1.62 bits per heavy atom. The first kappa shape index (κ1) is 10.2. The van der Waals surface area contributed by atoms with E-state index in [2.05, 4.69) is 37.5 Å². The molecule has 0 saturated heterocycles. The average Bonchev–Trinajstić information content (AvgIpc) is 1.99. The van der Waals surface area contributed by atoms with Crippen molar-refractivity contribution in [2.24, 2.45) is 0 Å². The van der Waals surface area contributed by atoms with Crippen LogP contribution in [0.2, 0.25) is 0 Å². The highest BCUT2D eigenvalue weighted by molar-refractivity contribution is 5.28. The number of nitrogens with one attached hydrogen (secondary N) is 1. The zero-order chi connectivity index (χ0) is 9.84. The third-order valence-electron chi connectivity index (χ3n) is 1.88. The predicted molar refractivity (Wildman–Crippen MR) is 56.4 cm³/mol. The quantitative estimate of drug-likeness (QED) is 0.711. The van der Waals surface area contributed by atoms with Gasteiger partial charge in [0.15, 0.2) is 0 Å². The van der Waals surface area contributed by atoms with Crippen molar-refractivity contribution < 1.29 is 0 Å². The lowest BCUT2D eigenvalue weighted by Gasteiger charge is -2.12. The summed E-state index contributed by atoms with van der Waals surface area (Å²) in [5, 5.41) is 1.97. The van der Waals surface area contributed by atoms with E-state index in [1.54, 1.807) is 0 Å². The summed E-state index contributed by atoms with van der Waals surface area (Å²) >= 11 is 0. The van der Waals surface area contributed by atoms with Gasteiger partial charge in [0.1, 0.15) is 0 Å². The fourth-order valence-electron chi connectivity index (χ4n) is 1.42. The first-order valence-electron chi connectivity index (χ1n) is 4.56. The molecule has 0 aliphatic heterocycles. The first-order valence-corrected chi connectivity index (χ1v) is 4.56. The van der Waals surface area contributed by atoms with Crippen LogP contribution < -0.4 is 5.43 Å². The standard InChI is InChI=1S/C11H18N2/c1-9-5-10(2)7-11(6-9)8-12-13(3)4/h5-7,12H,8H2,1-4H3. The third kappa shape index (κ3) is 3.57. The fraction of sp³-hybridized carbons (Fsp3) is 0.455. The highest BCUT2D eigenvalue weighted by Crippen LogP contribution is 2.08. The first-order chi connectivity index (χ1) is 6.08. The van der Waals surface area contributed by atoms with Crippen LogP contribution in [0.5, 0.6) is 0 Å². The molecule has 0 aliphatic carbocycles. The summed E-state index contributed by atoms with van der Waals surface area (Å²) in [5.41, 5.74) is 7.25. The van der Waals surface area contributed by atoms with Crippen molar-refractivity contribution >= 4 is 0 Å². The summed E-state index contributed by atoms with van der Waals surface area (Å²) in [4.78, 5) is 0. The fourth-order valence-corrected chi connectivity index (χ4v) is 1.42. The van der Waals surface area contributed by atoms with Crippen LogP contribution in [0, 0.1) is 13.8 Å². The molecule has 0 fully saturated rings. The highest BCUT2D eigenvalue weighted by atomic mass is 15.5. The SMILES string of the molecule is Cc1cc(C)cc(CNN(C)C)c1. The lowest BCUT2D eigenvalue weighted by atomic mass is 10.1. The lowest BCUT2D eigenvalue weighted by molar-refractivity contribution is 0.286. The Hall–Kier alpha value is -0.860. The summed E-state index contributed by atoms with van der Waals surface area (Å²) in [6.45, 7) is 5.16. The van der Waals surface area contributed by atoms with E-state index in [1.165, 1.54) is 16.7 Å². The Morgan fingerprint density at radius 1 is 1.08 bits per heavy atom. The van der Waals surface area contributed by atoms with Crippen molar-refractivity contribution in [2.75, 3.05) is 14.1 Å². The van der Waals surface area contributed by atoms with E-state index in [0.717, 1.165) is 6.54 Å². The van der Waals surface area contributed by atoms with Gasteiger partial charge in [-0.2, -0.15) is 0 Å². The topological polar surface area (TPSA) is 15.3 Å². The van der Waals surface area contributed by atoms with Gasteiger partial charge in [-0.05, 0) is 19.4 Å². The van der Waals surface area contributed by atoms with Crippen molar-refractivity contribution in [1.82, 2.24) is 10.4 Å². The maximum Gasteiger partial charge on any atom is 0.0353 e. The van der Waals surface area contributed by atoms with Gasteiger partial charge < -0.3 is 0 Å². The summed E-state index contributed by atoms with van der Waals surface area (Å²) in [5.74, 6) is 0. The number of benzene rings is 1. The second-order valence-electron chi connectivity index (χ2n) is 3.73. The maximum absolute atomic E-state index is 3.25. The summed E-state index contributed by atoms with van der Waals surface area (Å²) in [7, 11) is 4.01. The molecule has 0 radical (unpaired) electrons. The van der Waals surface area contributed by atoms with Crippen molar-refractivity contribution in [1.29, 1.82) is 0 Å². The van der Waals surface area contributed by atoms with Gasteiger partial charge in [0.05, 0.1) is 0 Å². The lowest BCUT2D eigenvalue weighted by Crippen LogP contribution is -2.29. The molecule has 2 nitrogen and oxygen atoms in total. The van der Waals surface area contributed by atoms with Gasteiger partial charge in [-0.25, -0.2) is 0 Å². The van der Waals surface area contributed by atoms with Gasteiger partial charge in [0, 0.05) is 20.6 Å². The molecule has 1 aromatic rings. The van der Waals surface area contributed by atoms with Gasteiger partial charge in [0.25, 0.3) is 0 Å². The molecule has 1 rings (SSSR count). The van der Waals surface area contributed by atoms with Gasteiger partial charge in [-0.3, -0.25) is 10.4 Å². The summed E-state index contributed by atoms with van der Waals surface area (Å²) in [6.07, 6.45) is 0. The van der Waals surface area contributed by atoms with Crippen LogP contribution in [0.4, 0.5) is 0 Å². The number of hydrazine groups is 1. The van der Waals surface area contributed by atoms with E-state index in [1.807, 2.05) is 19.1 Å². The zero-order valence-corrected chi connectivity index (χ0v) is 8.89. The van der Waals surface area contributed by atoms with E-state index in [4.69, 9.17) is 0 Å². The molecule has 1 N–H and O–H groups in total. The molecule has 0 saturated carbocycles. The molecule has 0 aromatic heterocycles. The minimum absolute atomic E-state index is 0.898. The largest absolute Gasteiger partial charge is 0.251 e. The number of hydrogen-bond acceptors (Lipinski definition) is 2. The maximum atomic E-state index is 3.25. The molecule has 0 amide bonds. The molecule has 0 aliphatic rings. The molecule has 0 atom stereocenters. The average molecular weight is 178 g/mol. The van der Waals surface area contributed by atoms with Crippen LogP contribution >= 0.6 is 0 Å². The highest BCUT2D eigenvalue weighted by Gasteiger charge is 1.95. The van der Waals surface area contributed by atoms with Crippen LogP contribution in [0.1, 0.15) is 16.7 Å². The minimum Gasteiger partial charge on any atom is -0.251 e. The van der Waals surface area contributed by atoms with E-state index < -0.39 is 0 Å². The zero-order valence-electron chi connectivity index (χ0n) is 8.89. The Morgan fingerprint density at radius 3 is 2.08 bits per heavy atom. The molecule has 0 heterocycles. The molecule has 1 aromatic carbocycles. The van der Waals surface area contributed by atoms with Crippen molar-refractivity contribution in [3.8, 4) is 0 Å². The van der Waals surface area contributed by atoms with E-state index in [0.29, 0.717) is 0 Å². The number of aryl methyl sites for hydroxylation is 2. The van der Waals surface area contributed by atoms with Crippen molar-refractivity contribution in [3.63, 3.8) is 0 Å². The Balaban J connectivity index is 2.66. The minimum atomic E-state index is 0.898. The Bertz CT molecular complexity index is 259. The van der Waals surface area contributed by atoms with Crippen LogP contribution in [0.3, 0.4) is 0 Å². The predicted octanol–water partition coefficient (Wildman–Crippen LogP) is 1.87. The van der Waals surface area contributed by atoms with Gasteiger partial charge in [-0.15, -0.1) is 0 Å². The molecule has 0 spiro atoms. The van der Waals surface area contributed by atoms with Crippen LogP contribution in [0.25, 0.3) is 0 Å². The Kier molecular flexibility index (Phi) is 3.46. The summed E-state index contributed by atoms with van der Waals surface area (Å²) in [6, 6.07) is 6.62.